The molecule has 6 heteroatoms. The molecular formula is C11H18N4O2. The summed E-state index contributed by atoms with van der Waals surface area (Å²) in [5.74, 6) is 1.00. The largest absolute Gasteiger partial charge is 0.467 e. The molecule has 0 amide bonds. The molecule has 0 spiro atoms. The average molecular weight is 238 g/mol. The molecule has 1 aromatic rings. The van der Waals surface area contributed by atoms with E-state index in [0.717, 1.165) is 5.82 Å². The van der Waals surface area contributed by atoms with Gasteiger partial charge in [-0.1, -0.05) is 0 Å². The zero-order chi connectivity index (χ0) is 13.1. The number of aromatic nitrogens is 2. The Bertz CT molecular complexity index is 404. The molecule has 1 N–H and O–H groups in total. The van der Waals surface area contributed by atoms with Gasteiger partial charge in [0.1, 0.15) is 23.5 Å². The Hall–Kier alpha value is -1.85. The molecule has 0 aliphatic heterocycles. The summed E-state index contributed by atoms with van der Waals surface area (Å²) in [7, 11) is 5.13. The Balaban J connectivity index is 2.88. The fourth-order valence-corrected chi connectivity index (χ4v) is 1.29. The summed E-state index contributed by atoms with van der Waals surface area (Å²) in [5, 5.41) is 3.01. The van der Waals surface area contributed by atoms with E-state index in [9.17, 15) is 4.79 Å². The normalized spacial score (nSPS) is 10.9. The molecule has 1 aromatic heterocycles. The molecule has 0 bridgehead atoms. The molecule has 1 heterocycles. The first kappa shape index (κ1) is 13.2. The lowest BCUT2D eigenvalue weighted by Crippen LogP contribution is -2.41. The molecule has 0 fully saturated rings. The van der Waals surface area contributed by atoms with E-state index in [1.54, 1.807) is 19.9 Å². The van der Waals surface area contributed by atoms with Crippen molar-refractivity contribution in [3.8, 4) is 0 Å². The van der Waals surface area contributed by atoms with Gasteiger partial charge in [0, 0.05) is 20.2 Å². The van der Waals surface area contributed by atoms with E-state index in [2.05, 4.69) is 15.3 Å². The van der Waals surface area contributed by atoms with Crippen molar-refractivity contribution in [3.05, 3.63) is 12.4 Å². The molecule has 0 atom stereocenters. The Kier molecular flexibility index (Phi) is 3.88. The van der Waals surface area contributed by atoms with Crippen LogP contribution in [0.3, 0.4) is 0 Å². The summed E-state index contributed by atoms with van der Waals surface area (Å²) in [4.78, 5) is 21.5. The maximum atomic E-state index is 11.5. The van der Waals surface area contributed by atoms with Gasteiger partial charge >= 0.3 is 5.97 Å². The average Bonchev–Trinajstić information content (AvgIpc) is 2.27. The van der Waals surface area contributed by atoms with E-state index in [1.807, 2.05) is 19.0 Å². The number of rotatable bonds is 4. The number of esters is 1. The van der Waals surface area contributed by atoms with Crippen molar-refractivity contribution >= 4 is 17.6 Å². The van der Waals surface area contributed by atoms with Crippen molar-refractivity contribution in [2.24, 2.45) is 0 Å². The fourth-order valence-electron chi connectivity index (χ4n) is 1.29. The van der Waals surface area contributed by atoms with E-state index in [1.165, 1.54) is 13.4 Å². The van der Waals surface area contributed by atoms with Crippen LogP contribution in [0.15, 0.2) is 12.4 Å². The first-order valence-electron chi connectivity index (χ1n) is 5.23. The van der Waals surface area contributed by atoms with Gasteiger partial charge in [-0.15, -0.1) is 0 Å². The summed E-state index contributed by atoms with van der Waals surface area (Å²) in [6.07, 6.45) is 1.45. The third-order valence-electron chi connectivity index (χ3n) is 2.25. The highest BCUT2D eigenvalue weighted by molar-refractivity contribution is 5.83. The molecule has 0 saturated carbocycles. The second-order valence-electron chi connectivity index (χ2n) is 4.40. The monoisotopic (exact) mass is 238 g/mol. The van der Waals surface area contributed by atoms with Crippen molar-refractivity contribution < 1.29 is 9.53 Å². The van der Waals surface area contributed by atoms with Crippen LogP contribution in [-0.4, -0.2) is 42.7 Å². The lowest BCUT2D eigenvalue weighted by Gasteiger charge is -2.24. The summed E-state index contributed by atoms with van der Waals surface area (Å²) in [6.45, 7) is 3.46. The quantitative estimate of drug-likeness (QED) is 0.786. The molecule has 17 heavy (non-hydrogen) atoms. The fraction of sp³-hybridized carbons (Fsp3) is 0.545. The van der Waals surface area contributed by atoms with Crippen molar-refractivity contribution in [3.63, 3.8) is 0 Å². The Morgan fingerprint density at radius 3 is 2.59 bits per heavy atom. The van der Waals surface area contributed by atoms with Crippen LogP contribution in [0.1, 0.15) is 13.8 Å². The van der Waals surface area contributed by atoms with E-state index >= 15 is 0 Å². The molecule has 94 valence electrons. The highest BCUT2D eigenvalue weighted by atomic mass is 16.5. The predicted molar refractivity (Wildman–Crippen MR) is 66.1 cm³/mol. The summed E-state index contributed by atoms with van der Waals surface area (Å²) >= 11 is 0. The maximum absolute atomic E-state index is 11.5. The number of ether oxygens (including phenoxy) is 1. The van der Waals surface area contributed by atoms with Gasteiger partial charge in [-0.25, -0.2) is 14.8 Å². The standard InChI is InChI=1S/C11H18N4O2/c1-11(2,10(16)17-5)14-8-6-9(15(3)4)13-7-12-8/h6-7H,1-5H3,(H,12,13,14). The number of methoxy groups -OCH3 is 1. The van der Waals surface area contributed by atoms with Crippen molar-refractivity contribution in [2.45, 2.75) is 19.4 Å². The zero-order valence-electron chi connectivity index (χ0n) is 10.8. The van der Waals surface area contributed by atoms with Gasteiger partial charge < -0.3 is 15.0 Å². The van der Waals surface area contributed by atoms with Gasteiger partial charge in [-0.3, -0.25) is 0 Å². The number of nitrogens with one attached hydrogen (secondary N) is 1. The first-order valence-corrected chi connectivity index (χ1v) is 5.23. The SMILES string of the molecule is COC(=O)C(C)(C)Nc1cc(N(C)C)ncn1. The van der Waals surface area contributed by atoms with Crippen LogP contribution >= 0.6 is 0 Å². The van der Waals surface area contributed by atoms with Gasteiger partial charge in [0.2, 0.25) is 0 Å². The summed E-state index contributed by atoms with van der Waals surface area (Å²) < 4.78 is 4.71. The van der Waals surface area contributed by atoms with Gasteiger partial charge in [-0.2, -0.15) is 0 Å². The summed E-state index contributed by atoms with van der Waals surface area (Å²) in [6, 6.07) is 1.77. The van der Waals surface area contributed by atoms with Crippen LogP contribution in [0.2, 0.25) is 0 Å². The van der Waals surface area contributed by atoms with Crippen LogP contribution < -0.4 is 10.2 Å². The van der Waals surface area contributed by atoms with Crippen molar-refractivity contribution in [1.29, 1.82) is 0 Å². The van der Waals surface area contributed by atoms with Crippen LogP contribution in [0.25, 0.3) is 0 Å². The molecule has 0 radical (unpaired) electrons. The van der Waals surface area contributed by atoms with Gasteiger partial charge in [0.25, 0.3) is 0 Å². The Labute approximate surface area is 101 Å². The van der Waals surface area contributed by atoms with Gasteiger partial charge in [0.05, 0.1) is 7.11 Å². The van der Waals surface area contributed by atoms with Crippen LogP contribution in [-0.2, 0) is 9.53 Å². The Morgan fingerprint density at radius 2 is 2.06 bits per heavy atom. The number of nitrogens with zero attached hydrogens (tertiary/aromatic N) is 3. The molecular weight excluding hydrogens is 220 g/mol. The minimum absolute atomic E-state index is 0.345. The zero-order valence-corrected chi connectivity index (χ0v) is 10.8. The smallest absolute Gasteiger partial charge is 0.330 e. The number of hydrogen-bond donors (Lipinski definition) is 1. The number of carbonyl (C=O) groups is 1. The number of carbonyl (C=O) groups excluding carboxylic acids is 1. The van der Waals surface area contributed by atoms with Crippen LogP contribution in [0.5, 0.6) is 0 Å². The van der Waals surface area contributed by atoms with E-state index in [4.69, 9.17) is 4.74 Å². The van der Waals surface area contributed by atoms with Crippen molar-refractivity contribution in [2.75, 3.05) is 31.4 Å². The predicted octanol–water partition coefficient (Wildman–Crippen LogP) is 0.906. The molecule has 0 aromatic carbocycles. The third kappa shape index (κ3) is 3.30. The van der Waals surface area contributed by atoms with Gasteiger partial charge in [0.15, 0.2) is 0 Å². The lowest BCUT2D eigenvalue weighted by molar-refractivity contribution is -0.144. The molecule has 0 aliphatic carbocycles. The van der Waals surface area contributed by atoms with Gasteiger partial charge in [-0.05, 0) is 13.8 Å². The minimum Gasteiger partial charge on any atom is -0.467 e. The Morgan fingerprint density at radius 1 is 1.41 bits per heavy atom. The van der Waals surface area contributed by atoms with E-state index in [0.29, 0.717) is 5.82 Å². The molecule has 0 aliphatic rings. The summed E-state index contributed by atoms with van der Waals surface area (Å²) in [5.41, 5.74) is -0.827. The highest BCUT2D eigenvalue weighted by Gasteiger charge is 2.28. The van der Waals surface area contributed by atoms with E-state index < -0.39 is 5.54 Å². The highest BCUT2D eigenvalue weighted by Crippen LogP contribution is 2.17. The molecule has 6 nitrogen and oxygen atoms in total. The second kappa shape index (κ2) is 4.99. The second-order valence-corrected chi connectivity index (χ2v) is 4.40. The topological polar surface area (TPSA) is 67.3 Å². The minimum atomic E-state index is -0.827. The van der Waals surface area contributed by atoms with Crippen LogP contribution in [0, 0.1) is 0 Å². The van der Waals surface area contributed by atoms with E-state index in [-0.39, 0.29) is 5.97 Å². The maximum Gasteiger partial charge on any atom is 0.330 e. The first-order chi connectivity index (χ1) is 7.86. The molecule has 0 unspecified atom stereocenters. The van der Waals surface area contributed by atoms with Crippen molar-refractivity contribution in [1.82, 2.24) is 9.97 Å². The molecule has 0 saturated heterocycles. The lowest BCUT2D eigenvalue weighted by atomic mass is 10.1. The third-order valence-corrected chi connectivity index (χ3v) is 2.25. The molecule has 1 rings (SSSR count). The number of hydrogen-bond acceptors (Lipinski definition) is 6. The number of anilines is 2. The van der Waals surface area contributed by atoms with Crippen LogP contribution in [0.4, 0.5) is 11.6 Å².